The summed E-state index contributed by atoms with van der Waals surface area (Å²) in [5, 5.41) is 2.98. The maximum Gasteiger partial charge on any atom is 0.164 e. The molecular formula is C13H17N3O. The zero-order valence-corrected chi connectivity index (χ0v) is 10.2. The van der Waals surface area contributed by atoms with Gasteiger partial charge in [-0.25, -0.2) is 4.98 Å². The average molecular weight is 231 g/mol. The number of hydrogen-bond acceptors (Lipinski definition) is 3. The molecule has 0 bridgehead atoms. The minimum Gasteiger partial charge on any atom is -0.342 e. The number of hydrogen-bond donors (Lipinski definition) is 2. The quantitative estimate of drug-likeness (QED) is 0.773. The number of nitrogens with one attached hydrogen (secondary N) is 2. The lowest BCUT2D eigenvalue weighted by molar-refractivity contribution is 0.0983. The van der Waals surface area contributed by atoms with Crippen molar-refractivity contribution in [3.8, 4) is 0 Å². The van der Waals surface area contributed by atoms with Crippen molar-refractivity contribution >= 4 is 16.8 Å². The summed E-state index contributed by atoms with van der Waals surface area (Å²) in [4.78, 5) is 19.5. The molecule has 0 radical (unpaired) electrons. The number of carbonyl (C=O) groups is 1. The third-order valence-corrected chi connectivity index (χ3v) is 2.79. The fourth-order valence-corrected chi connectivity index (χ4v) is 1.79. The molecule has 1 aromatic carbocycles. The third-order valence-electron chi connectivity index (χ3n) is 2.79. The van der Waals surface area contributed by atoms with Crippen LogP contribution in [0.25, 0.3) is 11.0 Å². The average Bonchev–Trinajstić information content (AvgIpc) is 2.77. The predicted molar refractivity (Wildman–Crippen MR) is 68.3 cm³/mol. The summed E-state index contributed by atoms with van der Waals surface area (Å²) in [6.45, 7) is 2.76. The number of benzene rings is 1. The van der Waals surface area contributed by atoms with E-state index in [9.17, 15) is 4.79 Å². The highest BCUT2D eigenvalue weighted by Crippen LogP contribution is 2.15. The Morgan fingerprint density at radius 1 is 1.47 bits per heavy atom. The molecule has 0 fully saturated rings. The molecule has 90 valence electrons. The lowest BCUT2D eigenvalue weighted by atomic mass is 10.1. The molecule has 0 atom stereocenters. The van der Waals surface area contributed by atoms with Crippen LogP contribution in [0.5, 0.6) is 0 Å². The molecule has 17 heavy (non-hydrogen) atoms. The normalized spacial score (nSPS) is 10.9. The van der Waals surface area contributed by atoms with Crippen molar-refractivity contribution in [2.45, 2.75) is 19.8 Å². The first kappa shape index (κ1) is 11.8. The van der Waals surface area contributed by atoms with Crippen LogP contribution in [0.15, 0.2) is 18.2 Å². The van der Waals surface area contributed by atoms with Gasteiger partial charge in [-0.15, -0.1) is 0 Å². The van der Waals surface area contributed by atoms with Gasteiger partial charge < -0.3 is 10.3 Å². The second-order valence-corrected chi connectivity index (χ2v) is 4.05. The molecule has 2 aromatic rings. The summed E-state index contributed by atoms with van der Waals surface area (Å²) in [7, 11) is 1.85. The van der Waals surface area contributed by atoms with Crippen LogP contribution in [0.3, 0.4) is 0 Å². The van der Waals surface area contributed by atoms with Gasteiger partial charge in [0.2, 0.25) is 0 Å². The first-order valence-corrected chi connectivity index (χ1v) is 5.91. The van der Waals surface area contributed by atoms with E-state index in [0.29, 0.717) is 13.0 Å². The van der Waals surface area contributed by atoms with Crippen molar-refractivity contribution in [1.82, 2.24) is 15.3 Å². The fraction of sp³-hybridized carbons (Fsp3) is 0.385. The van der Waals surface area contributed by atoms with Gasteiger partial charge >= 0.3 is 0 Å². The summed E-state index contributed by atoms with van der Waals surface area (Å²) in [6, 6.07) is 5.64. The Hall–Kier alpha value is -1.68. The van der Waals surface area contributed by atoms with Gasteiger partial charge in [0.25, 0.3) is 0 Å². The zero-order chi connectivity index (χ0) is 12.3. The summed E-state index contributed by atoms with van der Waals surface area (Å²) < 4.78 is 0. The zero-order valence-electron chi connectivity index (χ0n) is 10.2. The topological polar surface area (TPSA) is 57.8 Å². The second-order valence-electron chi connectivity index (χ2n) is 4.05. The van der Waals surface area contributed by atoms with Crippen molar-refractivity contribution < 1.29 is 4.79 Å². The molecule has 4 heteroatoms. The SMILES string of the molecule is CCc1nc2ccc(C(=O)CCNC)cc2[nH]1. The van der Waals surface area contributed by atoms with Crippen LogP contribution in [-0.4, -0.2) is 29.3 Å². The van der Waals surface area contributed by atoms with Crippen LogP contribution in [-0.2, 0) is 6.42 Å². The molecule has 4 nitrogen and oxygen atoms in total. The first-order valence-electron chi connectivity index (χ1n) is 5.91. The highest BCUT2D eigenvalue weighted by molar-refractivity contribution is 5.98. The van der Waals surface area contributed by atoms with Crippen molar-refractivity contribution in [2.75, 3.05) is 13.6 Å². The van der Waals surface area contributed by atoms with Gasteiger partial charge in [-0.3, -0.25) is 4.79 Å². The smallest absolute Gasteiger partial charge is 0.164 e. The van der Waals surface area contributed by atoms with E-state index in [1.54, 1.807) is 0 Å². The van der Waals surface area contributed by atoms with Crippen LogP contribution in [0, 0.1) is 0 Å². The van der Waals surface area contributed by atoms with Gasteiger partial charge in [0, 0.05) is 24.9 Å². The molecule has 0 aliphatic heterocycles. The molecular weight excluding hydrogens is 214 g/mol. The third kappa shape index (κ3) is 2.53. The van der Waals surface area contributed by atoms with Gasteiger partial charge in [-0.05, 0) is 25.2 Å². The van der Waals surface area contributed by atoms with E-state index >= 15 is 0 Å². The van der Waals surface area contributed by atoms with Gasteiger partial charge in [0.1, 0.15) is 5.82 Å². The molecule has 0 aliphatic rings. The molecule has 0 amide bonds. The van der Waals surface area contributed by atoms with Gasteiger partial charge in [-0.1, -0.05) is 6.92 Å². The van der Waals surface area contributed by atoms with E-state index in [1.165, 1.54) is 0 Å². The van der Waals surface area contributed by atoms with Crippen molar-refractivity contribution in [1.29, 1.82) is 0 Å². The number of rotatable bonds is 5. The van der Waals surface area contributed by atoms with E-state index in [2.05, 4.69) is 22.2 Å². The number of aromatic nitrogens is 2. The number of ketones is 1. The maximum atomic E-state index is 11.8. The fourth-order valence-electron chi connectivity index (χ4n) is 1.79. The maximum absolute atomic E-state index is 11.8. The Bertz CT molecular complexity index is 530. The Morgan fingerprint density at radius 3 is 3.00 bits per heavy atom. The standard InChI is InChI=1S/C13H17N3O/c1-3-13-15-10-5-4-9(8-11(10)16-13)12(17)6-7-14-2/h4-5,8,14H,3,6-7H2,1-2H3,(H,15,16). The Kier molecular flexibility index (Phi) is 3.54. The highest BCUT2D eigenvalue weighted by Gasteiger charge is 2.08. The number of fused-ring (bicyclic) bond motifs is 1. The van der Waals surface area contributed by atoms with E-state index in [-0.39, 0.29) is 5.78 Å². The number of nitrogens with zero attached hydrogens (tertiary/aromatic N) is 1. The molecule has 0 unspecified atom stereocenters. The number of H-pyrrole nitrogens is 1. The number of aryl methyl sites for hydroxylation is 1. The second kappa shape index (κ2) is 5.10. The lowest BCUT2D eigenvalue weighted by Crippen LogP contribution is -2.12. The van der Waals surface area contributed by atoms with E-state index in [1.807, 2.05) is 25.2 Å². The summed E-state index contributed by atoms with van der Waals surface area (Å²) in [6.07, 6.45) is 1.40. The van der Waals surface area contributed by atoms with E-state index in [4.69, 9.17) is 0 Å². The van der Waals surface area contributed by atoms with Gasteiger partial charge in [0.05, 0.1) is 11.0 Å². The molecule has 0 saturated heterocycles. The number of aromatic amines is 1. The van der Waals surface area contributed by atoms with Crippen LogP contribution in [0.1, 0.15) is 29.5 Å². The monoisotopic (exact) mass is 231 g/mol. The number of Topliss-reactive ketones (excluding diaryl/α,β-unsaturated/α-hetero) is 1. The van der Waals surface area contributed by atoms with Gasteiger partial charge in [-0.2, -0.15) is 0 Å². The lowest BCUT2D eigenvalue weighted by Gasteiger charge is -2.00. The molecule has 1 aromatic heterocycles. The summed E-state index contributed by atoms with van der Waals surface area (Å²) in [5.74, 6) is 1.12. The molecule has 0 saturated carbocycles. The Balaban J connectivity index is 2.27. The van der Waals surface area contributed by atoms with Crippen LogP contribution < -0.4 is 5.32 Å². The van der Waals surface area contributed by atoms with Crippen molar-refractivity contribution in [2.24, 2.45) is 0 Å². The summed E-state index contributed by atoms with van der Waals surface area (Å²) >= 11 is 0. The van der Waals surface area contributed by atoms with E-state index < -0.39 is 0 Å². The largest absolute Gasteiger partial charge is 0.342 e. The van der Waals surface area contributed by atoms with E-state index in [0.717, 1.165) is 28.8 Å². The Morgan fingerprint density at radius 2 is 2.29 bits per heavy atom. The van der Waals surface area contributed by atoms with Crippen LogP contribution in [0.2, 0.25) is 0 Å². The van der Waals surface area contributed by atoms with Crippen LogP contribution >= 0.6 is 0 Å². The predicted octanol–water partition coefficient (Wildman–Crippen LogP) is 1.92. The molecule has 0 aliphatic carbocycles. The minimum atomic E-state index is 0.161. The molecule has 1 heterocycles. The summed E-state index contributed by atoms with van der Waals surface area (Å²) in [5.41, 5.74) is 2.61. The first-order chi connectivity index (χ1) is 8.24. The van der Waals surface area contributed by atoms with Crippen molar-refractivity contribution in [3.05, 3.63) is 29.6 Å². The number of imidazole rings is 1. The molecule has 0 spiro atoms. The van der Waals surface area contributed by atoms with Crippen molar-refractivity contribution in [3.63, 3.8) is 0 Å². The Labute approximate surface area is 100 Å². The minimum absolute atomic E-state index is 0.161. The molecule has 2 rings (SSSR count). The highest BCUT2D eigenvalue weighted by atomic mass is 16.1. The number of carbonyl (C=O) groups excluding carboxylic acids is 1. The molecule has 2 N–H and O–H groups in total. The van der Waals surface area contributed by atoms with Gasteiger partial charge in [0.15, 0.2) is 5.78 Å². The van der Waals surface area contributed by atoms with Crippen LogP contribution in [0.4, 0.5) is 0 Å².